The van der Waals surface area contributed by atoms with Crippen molar-refractivity contribution in [2.75, 3.05) is 6.61 Å². The number of non-ortho nitro benzene ring substituents is 1. The Morgan fingerprint density at radius 3 is 2.20 bits per heavy atom. The molecule has 0 amide bonds. The predicted octanol–water partition coefficient (Wildman–Crippen LogP) is 3.41. The lowest BCUT2D eigenvalue weighted by Crippen LogP contribution is -1.95. The molecule has 0 fully saturated rings. The molecule has 0 aliphatic rings. The molecule has 0 aliphatic heterocycles. The van der Waals surface area contributed by atoms with Gasteiger partial charge in [0.2, 0.25) is 0 Å². The van der Waals surface area contributed by atoms with Crippen molar-refractivity contribution in [1.82, 2.24) is 0 Å². The number of hydrogen-bond donors (Lipinski definition) is 0. The van der Waals surface area contributed by atoms with E-state index in [0.717, 1.165) is 6.42 Å². The van der Waals surface area contributed by atoms with Crippen LogP contribution >= 0.6 is 0 Å². The molecular formula is C11H17NO3. The van der Waals surface area contributed by atoms with E-state index < -0.39 is 4.92 Å². The van der Waals surface area contributed by atoms with Crippen LogP contribution in [0.5, 0.6) is 5.75 Å². The highest BCUT2D eigenvalue weighted by Crippen LogP contribution is 2.17. The summed E-state index contributed by atoms with van der Waals surface area (Å²) in [4.78, 5) is 9.86. The number of benzene rings is 1. The summed E-state index contributed by atoms with van der Waals surface area (Å²) in [5, 5.41) is 10.3. The Hall–Kier alpha value is -1.58. The molecule has 84 valence electrons. The van der Waals surface area contributed by atoms with Crippen LogP contribution in [0.3, 0.4) is 0 Å². The molecular weight excluding hydrogens is 194 g/mol. The minimum atomic E-state index is -0.427. The maximum absolute atomic E-state index is 10.3. The van der Waals surface area contributed by atoms with E-state index in [1.54, 1.807) is 12.1 Å². The molecule has 0 saturated carbocycles. The third-order valence-electron chi connectivity index (χ3n) is 1.52. The van der Waals surface area contributed by atoms with E-state index in [9.17, 15) is 10.1 Å². The molecule has 0 unspecified atom stereocenters. The highest BCUT2D eigenvalue weighted by atomic mass is 16.6. The minimum absolute atomic E-state index is 0.0869. The molecule has 0 saturated heterocycles. The van der Waals surface area contributed by atoms with Gasteiger partial charge in [-0.15, -0.1) is 0 Å². The van der Waals surface area contributed by atoms with Crippen molar-refractivity contribution in [3.8, 4) is 5.75 Å². The minimum Gasteiger partial charge on any atom is -0.494 e. The lowest BCUT2D eigenvalue weighted by molar-refractivity contribution is -0.384. The molecule has 0 aliphatic carbocycles. The maximum Gasteiger partial charge on any atom is 0.269 e. The van der Waals surface area contributed by atoms with E-state index >= 15 is 0 Å². The summed E-state index contributed by atoms with van der Waals surface area (Å²) in [7, 11) is 0. The normalized spacial score (nSPS) is 8.73. The van der Waals surface area contributed by atoms with Crippen molar-refractivity contribution in [2.24, 2.45) is 0 Å². The van der Waals surface area contributed by atoms with Gasteiger partial charge in [-0.1, -0.05) is 20.8 Å². The van der Waals surface area contributed by atoms with Gasteiger partial charge in [0.1, 0.15) is 5.75 Å². The molecule has 0 spiro atoms. The third kappa shape index (κ3) is 5.00. The smallest absolute Gasteiger partial charge is 0.269 e. The first-order valence-corrected chi connectivity index (χ1v) is 5.11. The quantitative estimate of drug-likeness (QED) is 0.566. The van der Waals surface area contributed by atoms with Gasteiger partial charge in [-0.2, -0.15) is 0 Å². The molecule has 0 atom stereocenters. The molecule has 1 aromatic carbocycles. The van der Waals surface area contributed by atoms with Gasteiger partial charge < -0.3 is 4.74 Å². The Kier molecular flexibility index (Phi) is 6.97. The van der Waals surface area contributed by atoms with Gasteiger partial charge in [-0.3, -0.25) is 10.1 Å². The molecule has 4 heteroatoms. The Morgan fingerprint density at radius 1 is 1.27 bits per heavy atom. The summed E-state index contributed by atoms with van der Waals surface area (Å²) in [6.45, 7) is 6.64. The first-order valence-electron chi connectivity index (χ1n) is 5.11. The second-order valence-corrected chi connectivity index (χ2v) is 2.60. The van der Waals surface area contributed by atoms with Crippen LogP contribution in [0.25, 0.3) is 0 Å². The topological polar surface area (TPSA) is 52.4 Å². The van der Waals surface area contributed by atoms with E-state index in [-0.39, 0.29) is 5.69 Å². The van der Waals surface area contributed by atoms with Crippen molar-refractivity contribution < 1.29 is 9.66 Å². The fraction of sp³-hybridized carbons (Fsp3) is 0.455. The van der Waals surface area contributed by atoms with Gasteiger partial charge in [-0.25, -0.2) is 0 Å². The molecule has 0 N–H and O–H groups in total. The number of nitrogens with zero attached hydrogens (tertiary/aromatic N) is 1. The second-order valence-electron chi connectivity index (χ2n) is 2.60. The van der Waals surface area contributed by atoms with Crippen molar-refractivity contribution >= 4 is 5.69 Å². The Morgan fingerprint density at radius 2 is 1.80 bits per heavy atom. The predicted molar refractivity (Wildman–Crippen MR) is 60.2 cm³/mol. The Labute approximate surface area is 90.0 Å². The lowest BCUT2D eigenvalue weighted by atomic mass is 10.3. The average Bonchev–Trinajstić information content (AvgIpc) is 2.29. The molecule has 0 radical (unpaired) electrons. The number of ether oxygens (including phenoxy) is 1. The van der Waals surface area contributed by atoms with Crippen molar-refractivity contribution in [3.63, 3.8) is 0 Å². The van der Waals surface area contributed by atoms with Crippen LogP contribution in [0.4, 0.5) is 5.69 Å². The van der Waals surface area contributed by atoms with Crippen LogP contribution < -0.4 is 4.74 Å². The average molecular weight is 211 g/mol. The van der Waals surface area contributed by atoms with Crippen molar-refractivity contribution in [2.45, 2.75) is 27.2 Å². The summed E-state index contributed by atoms with van der Waals surface area (Å²) in [6.07, 6.45) is 0.928. The van der Waals surface area contributed by atoms with E-state index in [1.807, 2.05) is 20.8 Å². The fourth-order valence-electron chi connectivity index (χ4n) is 0.884. The molecule has 4 nitrogen and oxygen atoms in total. The van der Waals surface area contributed by atoms with E-state index in [2.05, 4.69) is 0 Å². The summed E-state index contributed by atoms with van der Waals surface area (Å²) >= 11 is 0. The van der Waals surface area contributed by atoms with Gasteiger partial charge in [0.25, 0.3) is 5.69 Å². The van der Waals surface area contributed by atoms with Crippen LogP contribution in [0.2, 0.25) is 0 Å². The van der Waals surface area contributed by atoms with Crippen LogP contribution in [0, 0.1) is 10.1 Å². The van der Waals surface area contributed by atoms with Crippen LogP contribution in [0.15, 0.2) is 24.3 Å². The first-order chi connectivity index (χ1) is 7.24. The van der Waals surface area contributed by atoms with Crippen molar-refractivity contribution in [3.05, 3.63) is 34.4 Å². The van der Waals surface area contributed by atoms with E-state index in [0.29, 0.717) is 12.4 Å². The zero-order valence-electron chi connectivity index (χ0n) is 9.40. The van der Waals surface area contributed by atoms with Crippen molar-refractivity contribution in [1.29, 1.82) is 0 Å². The Balaban J connectivity index is 0.000000921. The summed E-state index contributed by atoms with van der Waals surface area (Å²) in [5.41, 5.74) is 0.0869. The summed E-state index contributed by atoms with van der Waals surface area (Å²) in [6, 6.07) is 6.08. The molecule has 1 rings (SSSR count). The zero-order chi connectivity index (χ0) is 11.7. The number of hydrogen-bond acceptors (Lipinski definition) is 3. The first kappa shape index (κ1) is 13.4. The van der Waals surface area contributed by atoms with Gasteiger partial charge >= 0.3 is 0 Å². The summed E-state index contributed by atoms with van der Waals surface area (Å²) < 4.78 is 5.27. The largest absolute Gasteiger partial charge is 0.494 e. The monoisotopic (exact) mass is 211 g/mol. The third-order valence-corrected chi connectivity index (χ3v) is 1.52. The maximum atomic E-state index is 10.3. The SMILES string of the molecule is CC.CCCOc1ccc([N+](=O)[O-])cc1. The molecule has 0 heterocycles. The van der Waals surface area contributed by atoms with E-state index in [1.165, 1.54) is 12.1 Å². The van der Waals surface area contributed by atoms with Gasteiger partial charge in [0.05, 0.1) is 11.5 Å². The lowest BCUT2D eigenvalue weighted by Gasteiger charge is -2.02. The van der Waals surface area contributed by atoms with Gasteiger partial charge in [0, 0.05) is 12.1 Å². The van der Waals surface area contributed by atoms with Gasteiger partial charge in [-0.05, 0) is 18.6 Å². The second kappa shape index (κ2) is 7.79. The highest BCUT2D eigenvalue weighted by molar-refractivity contribution is 5.35. The highest BCUT2D eigenvalue weighted by Gasteiger charge is 2.03. The van der Waals surface area contributed by atoms with Crippen LogP contribution in [-0.2, 0) is 0 Å². The Bertz CT molecular complexity index is 282. The van der Waals surface area contributed by atoms with Crippen LogP contribution in [0.1, 0.15) is 27.2 Å². The van der Waals surface area contributed by atoms with E-state index in [4.69, 9.17) is 4.74 Å². The summed E-state index contributed by atoms with van der Waals surface area (Å²) in [5.74, 6) is 0.674. The molecule has 15 heavy (non-hydrogen) atoms. The molecule has 0 aromatic heterocycles. The van der Waals surface area contributed by atoms with Gasteiger partial charge in [0.15, 0.2) is 0 Å². The standard InChI is InChI=1S/C9H11NO3.C2H6/c1-2-7-13-9-5-3-8(4-6-9)10(11)12;1-2/h3-6H,2,7H2,1H3;1-2H3. The number of nitro groups is 1. The zero-order valence-corrected chi connectivity index (χ0v) is 9.40. The number of rotatable bonds is 4. The number of nitro benzene ring substituents is 1. The molecule has 0 bridgehead atoms. The fourth-order valence-corrected chi connectivity index (χ4v) is 0.884. The molecule has 1 aromatic rings. The van der Waals surface area contributed by atoms with Crippen LogP contribution in [-0.4, -0.2) is 11.5 Å².